The summed E-state index contributed by atoms with van der Waals surface area (Å²) in [5.74, 6) is 2.58. The largest absolute Gasteiger partial charge is 0.315 e. The number of anilines is 1. The lowest BCUT2D eigenvalue weighted by atomic mass is 9.85. The smallest absolute Gasteiger partial charge is 0.228 e. The topological polar surface area (TPSA) is 59.0 Å². The van der Waals surface area contributed by atoms with E-state index in [0.29, 0.717) is 17.8 Å². The van der Waals surface area contributed by atoms with Gasteiger partial charge in [-0.1, -0.05) is 32.1 Å². The highest BCUT2D eigenvalue weighted by atomic mass is 16.2. The predicted molar refractivity (Wildman–Crippen MR) is 85.6 cm³/mol. The third-order valence-corrected chi connectivity index (χ3v) is 5.70. The van der Waals surface area contributed by atoms with Crippen LogP contribution in [-0.4, -0.2) is 28.8 Å². The molecule has 1 amide bonds. The quantitative estimate of drug-likeness (QED) is 0.898. The second-order valence-electron chi connectivity index (χ2n) is 7.22. The van der Waals surface area contributed by atoms with E-state index in [1.807, 2.05) is 16.9 Å². The number of hydrogen-bond donors (Lipinski definition) is 2. The molecule has 120 valence electrons. The minimum atomic E-state index is 0.186. The van der Waals surface area contributed by atoms with Crippen molar-refractivity contribution in [3.05, 3.63) is 12.3 Å². The highest BCUT2D eigenvalue weighted by molar-refractivity contribution is 5.93. The molecule has 22 heavy (non-hydrogen) atoms. The minimum Gasteiger partial charge on any atom is -0.315 e. The van der Waals surface area contributed by atoms with Crippen LogP contribution in [0, 0.1) is 17.8 Å². The molecule has 0 spiro atoms. The molecule has 5 nitrogen and oxygen atoms in total. The standard InChI is InChI=1S/C17H26N4O/c22-17(15-10-14(15)12-4-2-1-3-5-12)19-16-7-9-21(20-16)13-6-8-18-11-13/h7,9,12-15,18H,1-6,8,10-11H2,(H,19,20,22)/t13-,14+,15+/m1/s1. The molecule has 1 saturated heterocycles. The summed E-state index contributed by atoms with van der Waals surface area (Å²) in [7, 11) is 0. The first-order valence-corrected chi connectivity index (χ1v) is 8.88. The fourth-order valence-corrected chi connectivity index (χ4v) is 4.29. The summed E-state index contributed by atoms with van der Waals surface area (Å²) < 4.78 is 1.99. The van der Waals surface area contributed by atoms with E-state index in [2.05, 4.69) is 15.7 Å². The van der Waals surface area contributed by atoms with Crippen LogP contribution >= 0.6 is 0 Å². The molecule has 3 atom stereocenters. The normalized spacial score (nSPS) is 32.1. The van der Waals surface area contributed by atoms with Crippen LogP contribution in [0.3, 0.4) is 0 Å². The van der Waals surface area contributed by atoms with E-state index in [9.17, 15) is 4.79 Å². The van der Waals surface area contributed by atoms with E-state index in [0.717, 1.165) is 31.8 Å². The first kappa shape index (κ1) is 14.2. The first-order valence-electron chi connectivity index (χ1n) is 8.88. The zero-order chi connectivity index (χ0) is 14.9. The van der Waals surface area contributed by atoms with Gasteiger partial charge < -0.3 is 10.6 Å². The van der Waals surface area contributed by atoms with Crippen molar-refractivity contribution < 1.29 is 4.79 Å². The Kier molecular flexibility index (Phi) is 3.90. The fourth-order valence-electron chi connectivity index (χ4n) is 4.29. The van der Waals surface area contributed by atoms with Gasteiger partial charge in [0.05, 0.1) is 6.04 Å². The lowest BCUT2D eigenvalue weighted by Gasteiger charge is -2.21. The van der Waals surface area contributed by atoms with Crippen molar-refractivity contribution in [3.8, 4) is 0 Å². The van der Waals surface area contributed by atoms with Gasteiger partial charge in [-0.25, -0.2) is 0 Å². The van der Waals surface area contributed by atoms with Gasteiger partial charge in [0.15, 0.2) is 5.82 Å². The van der Waals surface area contributed by atoms with E-state index in [-0.39, 0.29) is 11.8 Å². The molecule has 2 heterocycles. The molecule has 3 fully saturated rings. The molecule has 1 aromatic heterocycles. The number of nitrogens with zero attached hydrogens (tertiary/aromatic N) is 2. The molecule has 4 rings (SSSR count). The van der Waals surface area contributed by atoms with Crippen molar-refractivity contribution in [2.24, 2.45) is 17.8 Å². The van der Waals surface area contributed by atoms with Crippen LogP contribution in [0.5, 0.6) is 0 Å². The van der Waals surface area contributed by atoms with E-state index in [1.54, 1.807) is 0 Å². The monoisotopic (exact) mass is 302 g/mol. The maximum atomic E-state index is 12.4. The number of carbonyl (C=O) groups is 1. The Hall–Kier alpha value is -1.36. The van der Waals surface area contributed by atoms with Crippen molar-refractivity contribution in [3.63, 3.8) is 0 Å². The minimum absolute atomic E-state index is 0.186. The molecule has 0 unspecified atom stereocenters. The van der Waals surface area contributed by atoms with Gasteiger partial charge in [-0.15, -0.1) is 0 Å². The van der Waals surface area contributed by atoms with Crippen molar-refractivity contribution in [1.29, 1.82) is 0 Å². The molecule has 0 aromatic carbocycles. The zero-order valence-corrected chi connectivity index (χ0v) is 13.1. The molecule has 1 aromatic rings. The first-order chi connectivity index (χ1) is 10.8. The number of aromatic nitrogens is 2. The maximum absolute atomic E-state index is 12.4. The third-order valence-electron chi connectivity index (χ3n) is 5.70. The van der Waals surface area contributed by atoms with Crippen LogP contribution in [0.4, 0.5) is 5.82 Å². The average molecular weight is 302 g/mol. The van der Waals surface area contributed by atoms with Gasteiger partial charge in [-0.05, 0) is 31.2 Å². The molecule has 2 saturated carbocycles. The van der Waals surface area contributed by atoms with Crippen LogP contribution in [-0.2, 0) is 4.79 Å². The Labute approximate surface area is 131 Å². The van der Waals surface area contributed by atoms with Crippen LogP contribution in [0.25, 0.3) is 0 Å². The highest BCUT2D eigenvalue weighted by Crippen LogP contribution is 2.49. The Balaban J connectivity index is 1.31. The lowest BCUT2D eigenvalue weighted by molar-refractivity contribution is -0.117. The van der Waals surface area contributed by atoms with E-state index < -0.39 is 0 Å². The molecule has 5 heteroatoms. The lowest BCUT2D eigenvalue weighted by Crippen LogP contribution is -2.19. The Morgan fingerprint density at radius 3 is 2.91 bits per heavy atom. The Morgan fingerprint density at radius 1 is 1.27 bits per heavy atom. The number of carbonyl (C=O) groups excluding carboxylic acids is 1. The van der Waals surface area contributed by atoms with E-state index >= 15 is 0 Å². The highest BCUT2D eigenvalue weighted by Gasteiger charge is 2.47. The van der Waals surface area contributed by atoms with E-state index in [1.165, 1.54) is 32.1 Å². The molecular weight excluding hydrogens is 276 g/mol. The van der Waals surface area contributed by atoms with Crippen molar-refractivity contribution >= 4 is 11.7 Å². The maximum Gasteiger partial charge on any atom is 0.228 e. The summed E-state index contributed by atoms with van der Waals surface area (Å²) in [6.45, 7) is 2.03. The Bertz CT molecular complexity index is 529. The van der Waals surface area contributed by atoms with Gasteiger partial charge in [0.2, 0.25) is 5.91 Å². The van der Waals surface area contributed by atoms with Gasteiger partial charge in [-0.3, -0.25) is 9.48 Å². The molecular formula is C17H26N4O. The number of nitrogens with one attached hydrogen (secondary N) is 2. The summed E-state index contributed by atoms with van der Waals surface area (Å²) in [5, 5.41) is 10.9. The zero-order valence-electron chi connectivity index (χ0n) is 13.1. The van der Waals surface area contributed by atoms with Crippen LogP contribution in [0.2, 0.25) is 0 Å². The number of amides is 1. The molecule has 3 aliphatic rings. The summed E-state index contributed by atoms with van der Waals surface area (Å²) in [6.07, 6.45) is 10.9. The van der Waals surface area contributed by atoms with Gasteiger partial charge in [-0.2, -0.15) is 5.10 Å². The molecule has 0 radical (unpaired) electrons. The van der Waals surface area contributed by atoms with Gasteiger partial charge in [0, 0.05) is 24.7 Å². The summed E-state index contributed by atoms with van der Waals surface area (Å²) >= 11 is 0. The van der Waals surface area contributed by atoms with Crippen molar-refractivity contribution in [2.45, 2.75) is 51.0 Å². The third kappa shape index (κ3) is 2.91. The average Bonchev–Trinajstić information content (AvgIpc) is 2.95. The van der Waals surface area contributed by atoms with Crippen LogP contribution < -0.4 is 10.6 Å². The van der Waals surface area contributed by atoms with Crippen LogP contribution in [0.1, 0.15) is 51.0 Å². The number of rotatable bonds is 4. The summed E-state index contributed by atoms with van der Waals surface area (Å²) in [4.78, 5) is 12.4. The summed E-state index contributed by atoms with van der Waals surface area (Å²) in [5.41, 5.74) is 0. The predicted octanol–water partition coefficient (Wildman–Crippen LogP) is 2.57. The van der Waals surface area contributed by atoms with E-state index in [4.69, 9.17) is 0 Å². The molecule has 1 aliphatic heterocycles. The number of hydrogen-bond acceptors (Lipinski definition) is 3. The molecule has 0 bridgehead atoms. The van der Waals surface area contributed by atoms with Crippen molar-refractivity contribution in [1.82, 2.24) is 15.1 Å². The second-order valence-corrected chi connectivity index (χ2v) is 7.22. The van der Waals surface area contributed by atoms with Gasteiger partial charge >= 0.3 is 0 Å². The van der Waals surface area contributed by atoms with Gasteiger partial charge in [0.25, 0.3) is 0 Å². The van der Waals surface area contributed by atoms with Gasteiger partial charge in [0.1, 0.15) is 0 Å². The summed E-state index contributed by atoms with van der Waals surface area (Å²) in [6, 6.07) is 2.36. The second kappa shape index (κ2) is 6.03. The SMILES string of the molecule is O=C(Nc1ccn([C@@H]2CCNC2)n1)[C@H]1C[C@H]1C1CCCCC1. The molecule has 2 N–H and O–H groups in total. The Morgan fingerprint density at radius 2 is 2.14 bits per heavy atom. The van der Waals surface area contributed by atoms with Crippen molar-refractivity contribution in [2.75, 3.05) is 18.4 Å². The van der Waals surface area contributed by atoms with Crippen LogP contribution in [0.15, 0.2) is 12.3 Å². The molecule has 2 aliphatic carbocycles. The fraction of sp³-hybridized carbons (Fsp3) is 0.765.